The number of carbonyl (C=O) groups excluding carboxylic acids is 2. The van der Waals surface area contributed by atoms with Crippen LogP contribution in [-0.2, 0) is 11.2 Å². The Labute approximate surface area is 148 Å². The molecule has 2 fully saturated rings. The summed E-state index contributed by atoms with van der Waals surface area (Å²) in [5, 5.41) is 0. The van der Waals surface area contributed by atoms with Gasteiger partial charge < -0.3 is 20.3 Å². The maximum Gasteiger partial charge on any atom is 0.314 e. The second-order valence-corrected chi connectivity index (χ2v) is 6.86. The maximum atomic E-state index is 13.0. The number of piperidine rings is 1. The number of methoxy groups -OCH3 is 1. The number of carbonyl (C=O) groups is 2. The van der Waals surface area contributed by atoms with Gasteiger partial charge in [0.1, 0.15) is 11.3 Å². The Hall–Kier alpha value is -2.28. The molecule has 0 aromatic heterocycles. The van der Waals surface area contributed by atoms with E-state index in [1.165, 1.54) is 5.56 Å². The summed E-state index contributed by atoms with van der Waals surface area (Å²) >= 11 is 0. The van der Waals surface area contributed by atoms with Gasteiger partial charge in [-0.1, -0.05) is 12.1 Å². The fraction of sp³-hybridized carbons (Fsp3) is 0.556. The molecule has 0 atom stereocenters. The van der Waals surface area contributed by atoms with E-state index in [4.69, 9.17) is 10.5 Å². The minimum Gasteiger partial charge on any atom is -0.497 e. The highest BCUT2D eigenvalue weighted by atomic mass is 16.5. The van der Waals surface area contributed by atoms with Crippen LogP contribution in [-0.4, -0.2) is 72.6 Å². The molecule has 1 aromatic rings. The van der Waals surface area contributed by atoms with Crippen LogP contribution >= 0.6 is 0 Å². The monoisotopic (exact) mass is 346 g/mol. The van der Waals surface area contributed by atoms with Crippen molar-refractivity contribution >= 4 is 11.9 Å². The lowest BCUT2D eigenvalue weighted by atomic mass is 9.86. The minimum absolute atomic E-state index is 0.174. The van der Waals surface area contributed by atoms with Gasteiger partial charge in [0.2, 0.25) is 5.91 Å². The first-order chi connectivity index (χ1) is 12.0. The SMILES string of the molecule is COc1ccc(CCN2CN(C)C3(CCN(C(N)=O)CC3)C2=O)cc1. The number of rotatable bonds is 4. The minimum atomic E-state index is -0.480. The number of benzene rings is 1. The van der Waals surface area contributed by atoms with Gasteiger partial charge in [0.05, 0.1) is 13.8 Å². The molecule has 3 rings (SSSR count). The van der Waals surface area contributed by atoms with Gasteiger partial charge in [0.25, 0.3) is 0 Å². The third-order valence-corrected chi connectivity index (χ3v) is 5.53. The molecule has 0 unspecified atom stereocenters. The van der Waals surface area contributed by atoms with Crippen LogP contribution in [0.5, 0.6) is 5.75 Å². The average molecular weight is 346 g/mol. The lowest BCUT2D eigenvalue weighted by molar-refractivity contribution is -0.135. The van der Waals surface area contributed by atoms with E-state index in [1.807, 2.05) is 36.2 Å². The van der Waals surface area contributed by atoms with Crippen molar-refractivity contribution in [1.29, 1.82) is 0 Å². The summed E-state index contributed by atoms with van der Waals surface area (Å²) in [6, 6.07) is 7.54. The van der Waals surface area contributed by atoms with Gasteiger partial charge in [-0.15, -0.1) is 0 Å². The molecule has 3 amide bonds. The Morgan fingerprint density at radius 2 is 1.88 bits per heavy atom. The zero-order valence-corrected chi connectivity index (χ0v) is 14.9. The van der Waals surface area contributed by atoms with Gasteiger partial charge in [0.15, 0.2) is 0 Å². The number of hydrogen-bond acceptors (Lipinski definition) is 4. The van der Waals surface area contributed by atoms with Crippen LogP contribution in [0.15, 0.2) is 24.3 Å². The number of likely N-dealkylation sites (tertiary alicyclic amines) is 1. The van der Waals surface area contributed by atoms with Crippen molar-refractivity contribution in [2.45, 2.75) is 24.8 Å². The molecule has 2 N–H and O–H groups in total. The first-order valence-electron chi connectivity index (χ1n) is 8.64. The average Bonchev–Trinajstić information content (AvgIpc) is 2.85. The quantitative estimate of drug-likeness (QED) is 0.878. The fourth-order valence-electron chi connectivity index (χ4n) is 3.83. The van der Waals surface area contributed by atoms with Crippen molar-refractivity contribution in [3.05, 3.63) is 29.8 Å². The van der Waals surface area contributed by atoms with Gasteiger partial charge in [-0.2, -0.15) is 0 Å². The second kappa shape index (κ2) is 6.92. The highest BCUT2D eigenvalue weighted by Gasteiger charge is 2.52. The number of urea groups is 1. The van der Waals surface area contributed by atoms with Crippen molar-refractivity contribution in [3.63, 3.8) is 0 Å². The standard InChI is InChI=1S/C18H26N4O3/c1-20-13-22(10-7-14-3-5-15(25-2)6-4-14)16(23)18(20)8-11-21(12-9-18)17(19)24/h3-6H,7-13H2,1-2H3,(H2,19,24). The van der Waals surface area contributed by atoms with Crippen molar-refractivity contribution < 1.29 is 14.3 Å². The zero-order valence-electron chi connectivity index (χ0n) is 14.9. The molecule has 1 aromatic carbocycles. The van der Waals surface area contributed by atoms with Crippen molar-refractivity contribution in [3.8, 4) is 5.75 Å². The molecule has 0 radical (unpaired) electrons. The van der Waals surface area contributed by atoms with Crippen molar-refractivity contribution in [2.75, 3.05) is 40.5 Å². The molecular weight excluding hydrogens is 320 g/mol. The first-order valence-corrected chi connectivity index (χ1v) is 8.64. The van der Waals surface area contributed by atoms with Gasteiger partial charge in [0, 0.05) is 19.6 Å². The molecule has 2 heterocycles. The zero-order chi connectivity index (χ0) is 18.0. The van der Waals surface area contributed by atoms with Crippen LogP contribution in [0.25, 0.3) is 0 Å². The van der Waals surface area contributed by atoms with Crippen molar-refractivity contribution in [1.82, 2.24) is 14.7 Å². The Bertz CT molecular complexity index is 638. The number of nitrogens with two attached hydrogens (primary N) is 1. The van der Waals surface area contributed by atoms with E-state index >= 15 is 0 Å². The molecule has 0 aliphatic carbocycles. The van der Waals surface area contributed by atoms with Crippen LogP contribution in [0, 0.1) is 0 Å². The lowest BCUT2D eigenvalue weighted by Crippen LogP contribution is -2.56. The van der Waals surface area contributed by atoms with Crippen LogP contribution in [0.3, 0.4) is 0 Å². The van der Waals surface area contributed by atoms with Crippen LogP contribution in [0.4, 0.5) is 4.79 Å². The smallest absolute Gasteiger partial charge is 0.314 e. The number of primary amides is 1. The number of likely N-dealkylation sites (N-methyl/N-ethyl adjacent to an activating group) is 1. The largest absolute Gasteiger partial charge is 0.497 e. The fourth-order valence-corrected chi connectivity index (χ4v) is 3.83. The van der Waals surface area contributed by atoms with Gasteiger partial charge >= 0.3 is 6.03 Å². The third-order valence-electron chi connectivity index (χ3n) is 5.53. The summed E-state index contributed by atoms with van der Waals surface area (Å²) in [7, 11) is 3.64. The molecule has 7 heteroatoms. The van der Waals surface area contributed by atoms with Crippen LogP contribution in [0.1, 0.15) is 18.4 Å². The van der Waals surface area contributed by atoms with E-state index < -0.39 is 11.6 Å². The van der Waals surface area contributed by atoms with E-state index in [1.54, 1.807) is 12.0 Å². The summed E-state index contributed by atoms with van der Waals surface area (Å²) in [6.07, 6.45) is 2.10. The van der Waals surface area contributed by atoms with Crippen LogP contribution < -0.4 is 10.5 Å². The van der Waals surface area contributed by atoms with E-state index in [0.29, 0.717) is 39.1 Å². The summed E-state index contributed by atoms with van der Waals surface area (Å²) in [5.41, 5.74) is 6.05. The van der Waals surface area contributed by atoms with E-state index in [2.05, 4.69) is 4.90 Å². The number of hydrogen-bond donors (Lipinski definition) is 1. The number of ether oxygens (including phenoxy) is 1. The van der Waals surface area contributed by atoms with E-state index in [-0.39, 0.29) is 5.91 Å². The molecule has 0 saturated carbocycles. The highest BCUT2D eigenvalue weighted by molar-refractivity contribution is 5.88. The maximum absolute atomic E-state index is 13.0. The molecule has 2 aliphatic heterocycles. The molecule has 25 heavy (non-hydrogen) atoms. The van der Waals surface area contributed by atoms with Crippen LogP contribution in [0.2, 0.25) is 0 Å². The Kier molecular flexibility index (Phi) is 4.85. The Morgan fingerprint density at radius 3 is 2.44 bits per heavy atom. The van der Waals surface area contributed by atoms with Gasteiger partial charge in [-0.25, -0.2) is 4.79 Å². The Balaban J connectivity index is 1.61. The second-order valence-electron chi connectivity index (χ2n) is 6.86. The normalized spacial score (nSPS) is 20.3. The number of amides is 3. The molecule has 1 spiro atoms. The predicted molar refractivity (Wildman–Crippen MR) is 94.2 cm³/mol. The topological polar surface area (TPSA) is 79.1 Å². The molecule has 136 valence electrons. The number of nitrogens with zero attached hydrogens (tertiary/aromatic N) is 3. The summed E-state index contributed by atoms with van der Waals surface area (Å²) in [5.74, 6) is 1.01. The van der Waals surface area contributed by atoms with Crippen molar-refractivity contribution in [2.24, 2.45) is 5.73 Å². The van der Waals surface area contributed by atoms with E-state index in [0.717, 1.165) is 12.2 Å². The molecule has 2 saturated heterocycles. The van der Waals surface area contributed by atoms with E-state index in [9.17, 15) is 9.59 Å². The molecule has 0 bridgehead atoms. The molecular formula is C18H26N4O3. The predicted octanol–water partition coefficient (Wildman–Crippen LogP) is 0.883. The first kappa shape index (κ1) is 17.5. The molecule has 2 aliphatic rings. The highest BCUT2D eigenvalue weighted by Crippen LogP contribution is 2.34. The summed E-state index contributed by atoms with van der Waals surface area (Å²) in [4.78, 5) is 30.0. The van der Waals surface area contributed by atoms with Gasteiger partial charge in [-0.05, 0) is 44.0 Å². The summed E-state index contributed by atoms with van der Waals surface area (Å²) in [6.45, 7) is 2.40. The third kappa shape index (κ3) is 3.28. The Morgan fingerprint density at radius 1 is 1.24 bits per heavy atom. The molecule has 7 nitrogen and oxygen atoms in total. The summed E-state index contributed by atoms with van der Waals surface area (Å²) < 4.78 is 5.17. The lowest BCUT2D eigenvalue weighted by Gasteiger charge is -2.40. The van der Waals surface area contributed by atoms with Gasteiger partial charge in [-0.3, -0.25) is 9.69 Å².